The van der Waals surface area contributed by atoms with Crippen molar-refractivity contribution >= 4 is 11.7 Å². The number of hydrogen-bond acceptors (Lipinski definition) is 5. The summed E-state index contributed by atoms with van der Waals surface area (Å²) in [5, 5.41) is 6.08. The largest absolute Gasteiger partial charge is 0.493 e. The van der Waals surface area contributed by atoms with Gasteiger partial charge in [-0.25, -0.2) is 4.98 Å². The van der Waals surface area contributed by atoms with Crippen LogP contribution in [0.2, 0.25) is 0 Å². The number of nitrogens with zero attached hydrogens (tertiary/aromatic N) is 1. The summed E-state index contributed by atoms with van der Waals surface area (Å²) in [6.45, 7) is 0. The van der Waals surface area contributed by atoms with Gasteiger partial charge >= 0.3 is 0 Å². The molecule has 6 nitrogen and oxygen atoms in total. The number of aromatic nitrogens is 1. The summed E-state index contributed by atoms with van der Waals surface area (Å²) in [7, 11) is 3.16. The Labute approximate surface area is 122 Å². The monoisotopic (exact) mass is 285 g/mol. The smallest absolute Gasteiger partial charge is 0.256 e. The van der Waals surface area contributed by atoms with Crippen molar-refractivity contribution in [3.63, 3.8) is 0 Å². The fraction of sp³-hybridized carbons (Fsp3) is 0.200. The van der Waals surface area contributed by atoms with E-state index >= 15 is 0 Å². The number of pyridine rings is 1. The summed E-state index contributed by atoms with van der Waals surface area (Å²) in [6.07, 6.45) is 1.29. The summed E-state index contributed by atoms with van der Waals surface area (Å²) in [4.78, 5) is 16.3. The molecule has 2 N–H and O–H groups in total. The molecule has 2 heterocycles. The first-order valence-electron chi connectivity index (χ1n) is 6.47. The van der Waals surface area contributed by atoms with Crippen molar-refractivity contribution in [1.82, 2.24) is 10.3 Å². The second-order valence-electron chi connectivity index (χ2n) is 4.56. The maximum absolute atomic E-state index is 12.1. The molecule has 1 aromatic carbocycles. The van der Waals surface area contributed by atoms with Crippen molar-refractivity contribution in [2.24, 2.45) is 0 Å². The van der Waals surface area contributed by atoms with Crippen molar-refractivity contribution < 1.29 is 14.3 Å². The molecule has 1 aliphatic rings. The molecule has 1 atom stereocenters. The van der Waals surface area contributed by atoms with Crippen LogP contribution in [0.25, 0.3) is 0 Å². The van der Waals surface area contributed by atoms with Crippen LogP contribution in [-0.2, 0) is 0 Å². The van der Waals surface area contributed by atoms with Gasteiger partial charge in [0.2, 0.25) is 0 Å². The van der Waals surface area contributed by atoms with Crippen LogP contribution in [0.5, 0.6) is 11.5 Å². The maximum atomic E-state index is 12.1. The Morgan fingerprint density at radius 3 is 2.67 bits per heavy atom. The van der Waals surface area contributed by atoms with Gasteiger partial charge < -0.3 is 20.1 Å². The van der Waals surface area contributed by atoms with Gasteiger partial charge in [-0.15, -0.1) is 0 Å². The number of anilines is 1. The summed E-state index contributed by atoms with van der Waals surface area (Å²) in [6, 6.07) is 8.96. The van der Waals surface area contributed by atoms with E-state index in [-0.39, 0.29) is 12.1 Å². The highest BCUT2D eigenvalue weighted by atomic mass is 16.5. The van der Waals surface area contributed by atoms with E-state index in [1.165, 1.54) is 0 Å². The third kappa shape index (κ3) is 2.35. The predicted octanol–water partition coefficient (Wildman–Crippen LogP) is 1.95. The van der Waals surface area contributed by atoms with E-state index in [0.717, 1.165) is 5.56 Å². The minimum atomic E-state index is -0.361. The molecule has 0 spiro atoms. The zero-order chi connectivity index (χ0) is 14.8. The van der Waals surface area contributed by atoms with Gasteiger partial charge in [0, 0.05) is 6.20 Å². The maximum Gasteiger partial charge on any atom is 0.256 e. The topological polar surface area (TPSA) is 72.5 Å². The zero-order valence-electron chi connectivity index (χ0n) is 11.7. The molecule has 0 radical (unpaired) electrons. The molecule has 0 aliphatic carbocycles. The van der Waals surface area contributed by atoms with Crippen LogP contribution in [0, 0.1) is 0 Å². The number of carbonyl (C=O) groups excluding carboxylic acids is 1. The Kier molecular flexibility index (Phi) is 3.35. The number of benzene rings is 1. The lowest BCUT2D eigenvalue weighted by Gasteiger charge is -2.27. The van der Waals surface area contributed by atoms with Crippen LogP contribution in [0.15, 0.2) is 36.5 Å². The van der Waals surface area contributed by atoms with Crippen molar-refractivity contribution in [3.05, 3.63) is 47.7 Å². The second-order valence-corrected chi connectivity index (χ2v) is 4.56. The van der Waals surface area contributed by atoms with E-state index in [4.69, 9.17) is 9.47 Å². The highest BCUT2D eigenvalue weighted by molar-refractivity contribution is 6.00. The first-order valence-corrected chi connectivity index (χ1v) is 6.47. The Bertz CT molecular complexity index is 688. The SMILES string of the molecule is COc1ccc(C2NC(=O)c3cccnc3N2)cc1OC. The Balaban J connectivity index is 1.94. The summed E-state index contributed by atoms with van der Waals surface area (Å²) >= 11 is 0. The highest BCUT2D eigenvalue weighted by Gasteiger charge is 2.25. The lowest BCUT2D eigenvalue weighted by Crippen LogP contribution is -2.38. The van der Waals surface area contributed by atoms with Gasteiger partial charge in [0.05, 0.1) is 19.8 Å². The molecule has 3 rings (SSSR count). The lowest BCUT2D eigenvalue weighted by molar-refractivity contribution is 0.0935. The fourth-order valence-electron chi connectivity index (χ4n) is 2.28. The normalized spacial score (nSPS) is 16.5. The predicted molar refractivity (Wildman–Crippen MR) is 77.6 cm³/mol. The third-order valence-electron chi connectivity index (χ3n) is 3.35. The highest BCUT2D eigenvalue weighted by Crippen LogP contribution is 2.32. The number of hydrogen-bond donors (Lipinski definition) is 2. The number of nitrogens with one attached hydrogen (secondary N) is 2. The summed E-state index contributed by atoms with van der Waals surface area (Å²) < 4.78 is 10.5. The van der Waals surface area contributed by atoms with Crippen molar-refractivity contribution in [3.8, 4) is 11.5 Å². The van der Waals surface area contributed by atoms with Crippen molar-refractivity contribution in [2.75, 3.05) is 19.5 Å². The third-order valence-corrected chi connectivity index (χ3v) is 3.35. The van der Waals surface area contributed by atoms with Gasteiger partial charge in [0.1, 0.15) is 12.0 Å². The molecule has 1 aromatic heterocycles. The standard InChI is InChI=1S/C15H15N3O3/c1-20-11-6-5-9(8-12(11)21-2)13-17-14-10(15(19)18-13)4-3-7-16-14/h3-8,13H,1-2H3,(H,16,17)(H,18,19). The number of amides is 1. The zero-order valence-corrected chi connectivity index (χ0v) is 11.7. The van der Waals surface area contributed by atoms with Crippen LogP contribution in [0.4, 0.5) is 5.82 Å². The minimum absolute atomic E-state index is 0.156. The van der Waals surface area contributed by atoms with Gasteiger partial charge in [-0.05, 0) is 29.8 Å². The molecule has 2 aromatic rings. The van der Waals surface area contributed by atoms with E-state index in [1.54, 1.807) is 38.6 Å². The quantitative estimate of drug-likeness (QED) is 0.902. The first-order chi connectivity index (χ1) is 10.2. The molecule has 0 bridgehead atoms. The molecule has 108 valence electrons. The molecule has 21 heavy (non-hydrogen) atoms. The fourth-order valence-corrected chi connectivity index (χ4v) is 2.28. The van der Waals surface area contributed by atoms with Crippen LogP contribution < -0.4 is 20.1 Å². The molecule has 0 saturated heterocycles. The number of methoxy groups -OCH3 is 2. The molecule has 6 heteroatoms. The number of fused-ring (bicyclic) bond motifs is 1. The Morgan fingerprint density at radius 1 is 1.10 bits per heavy atom. The van der Waals surface area contributed by atoms with E-state index < -0.39 is 0 Å². The molecular weight excluding hydrogens is 270 g/mol. The van der Waals surface area contributed by atoms with Gasteiger partial charge in [0.15, 0.2) is 11.5 Å². The van der Waals surface area contributed by atoms with Gasteiger partial charge in [-0.3, -0.25) is 4.79 Å². The van der Waals surface area contributed by atoms with E-state index in [0.29, 0.717) is 22.9 Å². The molecule has 1 amide bonds. The molecule has 1 unspecified atom stereocenters. The van der Waals surface area contributed by atoms with Crippen LogP contribution in [0.3, 0.4) is 0 Å². The summed E-state index contributed by atoms with van der Waals surface area (Å²) in [5.74, 6) is 1.66. The lowest BCUT2D eigenvalue weighted by atomic mass is 10.1. The van der Waals surface area contributed by atoms with Gasteiger partial charge in [0.25, 0.3) is 5.91 Å². The number of carbonyl (C=O) groups is 1. The van der Waals surface area contributed by atoms with E-state index in [9.17, 15) is 4.79 Å². The number of ether oxygens (including phenoxy) is 2. The molecule has 0 saturated carbocycles. The molecular formula is C15H15N3O3. The summed E-state index contributed by atoms with van der Waals surface area (Å²) in [5.41, 5.74) is 1.39. The van der Waals surface area contributed by atoms with Gasteiger partial charge in [-0.2, -0.15) is 0 Å². The van der Waals surface area contributed by atoms with Crippen LogP contribution >= 0.6 is 0 Å². The average Bonchev–Trinajstić information content (AvgIpc) is 2.54. The average molecular weight is 285 g/mol. The van der Waals surface area contributed by atoms with Crippen LogP contribution in [0.1, 0.15) is 22.1 Å². The van der Waals surface area contributed by atoms with Crippen molar-refractivity contribution in [2.45, 2.75) is 6.17 Å². The van der Waals surface area contributed by atoms with E-state index in [2.05, 4.69) is 15.6 Å². The molecule has 1 aliphatic heterocycles. The second kappa shape index (κ2) is 5.32. The first kappa shape index (κ1) is 13.2. The van der Waals surface area contributed by atoms with E-state index in [1.807, 2.05) is 12.1 Å². The Morgan fingerprint density at radius 2 is 1.90 bits per heavy atom. The van der Waals surface area contributed by atoms with Gasteiger partial charge in [-0.1, -0.05) is 6.07 Å². The Hall–Kier alpha value is -2.76. The minimum Gasteiger partial charge on any atom is -0.493 e. The van der Waals surface area contributed by atoms with Crippen molar-refractivity contribution in [1.29, 1.82) is 0 Å². The van der Waals surface area contributed by atoms with Crippen LogP contribution in [-0.4, -0.2) is 25.1 Å². The molecule has 0 fully saturated rings. The number of rotatable bonds is 3.